The Morgan fingerprint density at radius 1 is 1.12 bits per heavy atom. The van der Waals surface area contributed by atoms with E-state index in [0.717, 1.165) is 11.1 Å². The van der Waals surface area contributed by atoms with Gasteiger partial charge in [-0.2, -0.15) is 11.3 Å². The SMILES string of the molecule is CN(C)CC(=O)c1ccc(-c2ccsc2)cc1. The molecule has 0 bridgehead atoms. The molecule has 0 unspecified atom stereocenters. The molecule has 1 aromatic heterocycles. The Labute approximate surface area is 106 Å². The summed E-state index contributed by atoms with van der Waals surface area (Å²) in [4.78, 5) is 13.7. The summed E-state index contributed by atoms with van der Waals surface area (Å²) in [6.45, 7) is 0.456. The average molecular weight is 245 g/mol. The first kappa shape index (κ1) is 12.0. The Kier molecular flexibility index (Phi) is 3.71. The molecular formula is C14H15NOS. The summed E-state index contributed by atoms with van der Waals surface area (Å²) in [7, 11) is 3.80. The number of nitrogens with zero attached hydrogens (tertiary/aromatic N) is 1. The van der Waals surface area contributed by atoms with Crippen LogP contribution in [0.15, 0.2) is 41.1 Å². The van der Waals surface area contributed by atoms with E-state index >= 15 is 0 Å². The summed E-state index contributed by atoms with van der Waals surface area (Å²) >= 11 is 1.68. The van der Waals surface area contributed by atoms with E-state index in [9.17, 15) is 4.79 Å². The minimum atomic E-state index is 0.159. The van der Waals surface area contributed by atoms with Crippen LogP contribution in [0.25, 0.3) is 11.1 Å². The Morgan fingerprint density at radius 3 is 2.35 bits per heavy atom. The average Bonchev–Trinajstić information content (AvgIpc) is 2.82. The molecule has 0 fully saturated rings. The maximum atomic E-state index is 11.8. The van der Waals surface area contributed by atoms with Gasteiger partial charge in [0.15, 0.2) is 5.78 Å². The van der Waals surface area contributed by atoms with Crippen molar-refractivity contribution in [2.24, 2.45) is 0 Å². The van der Waals surface area contributed by atoms with E-state index in [1.54, 1.807) is 11.3 Å². The van der Waals surface area contributed by atoms with E-state index in [2.05, 4.69) is 16.8 Å². The predicted octanol–water partition coefficient (Wildman–Crippen LogP) is 3.16. The second-order valence-electron chi connectivity index (χ2n) is 4.25. The third-order valence-electron chi connectivity index (χ3n) is 2.52. The first-order valence-corrected chi connectivity index (χ1v) is 6.41. The fourth-order valence-corrected chi connectivity index (χ4v) is 2.32. The molecule has 0 atom stereocenters. The highest BCUT2D eigenvalue weighted by atomic mass is 32.1. The van der Waals surface area contributed by atoms with Crippen LogP contribution in [0.3, 0.4) is 0 Å². The fourth-order valence-electron chi connectivity index (χ4n) is 1.66. The maximum Gasteiger partial charge on any atom is 0.176 e. The lowest BCUT2D eigenvalue weighted by atomic mass is 10.0. The maximum absolute atomic E-state index is 11.8. The minimum absolute atomic E-state index is 0.159. The van der Waals surface area contributed by atoms with Crippen LogP contribution in [0.1, 0.15) is 10.4 Å². The van der Waals surface area contributed by atoms with E-state index in [1.165, 1.54) is 5.56 Å². The van der Waals surface area contributed by atoms with Gasteiger partial charge in [0.1, 0.15) is 0 Å². The lowest BCUT2D eigenvalue weighted by molar-refractivity contribution is 0.0958. The molecule has 2 aromatic rings. The van der Waals surface area contributed by atoms with Gasteiger partial charge in [-0.05, 0) is 42.0 Å². The highest BCUT2D eigenvalue weighted by Gasteiger charge is 2.07. The number of hydrogen-bond acceptors (Lipinski definition) is 3. The van der Waals surface area contributed by atoms with Crippen molar-refractivity contribution >= 4 is 17.1 Å². The summed E-state index contributed by atoms with van der Waals surface area (Å²) in [6.07, 6.45) is 0. The van der Waals surface area contributed by atoms with E-state index in [-0.39, 0.29) is 5.78 Å². The second-order valence-corrected chi connectivity index (χ2v) is 5.03. The van der Waals surface area contributed by atoms with Crippen LogP contribution in [-0.2, 0) is 0 Å². The van der Waals surface area contributed by atoms with Crippen molar-refractivity contribution in [3.05, 3.63) is 46.7 Å². The lowest BCUT2D eigenvalue weighted by Gasteiger charge is -2.08. The lowest BCUT2D eigenvalue weighted by Crippen LogP contribution is -2.21. The molecule has 88 valence electrons. The Hall–Kier alpha value is -1.45. The van der Waals surface area contributed by atoms with Gasteiger partial charge in [0, 0.05) is 5.56 Å². The quantitative estimate of drug-likeness (QED) is 0.771. The Balaban J connectivity index is 2.16. The van der Waals surface area contributed by atoms with Crippen molar-refractivity contribution in [2.45, 2.75) is 0 Å². The molecule has 1 heterocycles. The zero-order valence-electron chi connectivity index (χ0n) is 10.0. The van der Waals surface area contributed by atoms with Gasteiger partial charge < -0.3 is 4.90 Å². The van der Waals surface area contributed by atoms with Crippen LogP contribution in [0.4, 0.5) is 0 Å². The zero-order chi connectivity index (χ0) is 12.3. The molecule has 0 amide bonds. The third kappa shape index (κ3) is 3.02. The third-order valence-corrected chi connectivity index (χ3v) is 3.20. The number of carbonyl (C=O) groups excluding carboxylic acids is 1. The van der Waals surface area contributed by atoms with Crippen LogP contribution >= 0.6 is 11.3 Å². The number of thiophene rings is 1. The van der Waals surface area contributed by atoms with Gasteiger partial charge in [0.2, 0.25) is 0 Å². The molecule has 0 aliphatic heterocycles. The van der Waals surface area contributed by atoms with Crippen molar-refractivity contribution in [1.29, 1.82) is 0 Å². The molecule has 0 N–H and O–H groups in total. The molecule has 2 rings (SSSR count). The molecule has 17 heavy (non-hydrogen) atoms. The number of ketones is 1. The smallest absolute Gasteiger partial charge is 0.176 e. The van der Waals surface area contributed by atoms with Gasteiger partial charge in [-0.1, -0.05) is 24.3 Å². The van der Waals surface area contributed by atoms with E-state index in [1.807, 2.05) is 43.3 Å². The standard InChI is InChI=1S/C14H15NOS/c1-15(2)9-14(16)12-5-3-11(4-6-12)13-7-8-17-10-13/h3-8,10H,9H2,1-2H3. The molecule has 0 spiro atoms. The van der Waals surface area contributed by atoms with Crippen molar-refractivity contribution in [3.63, 3.8) is 0 Å². The first-order valence-electron chi connectivity index (χ1n) is 5.47. The second kappa shape index (κ2) is 5.25. The number of rotatable bonds is 4. The van der Waals surface area contributed by atoms with E-state index in [0.29, 0.717) is 6.54 Å². The molecule has 3 heteroatoms. The number of hydrogen-bond donors (Lipinski definition) is 0. The summed E-state index contributed by atoms with van der Waals surface area (Å²) < 4.78 is 0. The molecule has 0 aliphatic carbocycles. The fraction of sp³-hybridized carbons (Fsp3) is 0.214. The summed E-state index contributed by atoms with van der Waals surface area (Å²) in [6, 6.07) is 9.90. The van der Waals surface area contributed by atoms with Crippen molar-refractivity contribution in [2.75, 3.05) is 20.6 Å². The monoisotopic (exact) mass is 245 g/mol. The molecule has 0 saturated carbocycles. The molecule has 0 saturated heterocycles. The van der Waals surface area contributed by atoms with Crippen LogP contribution in [-0.4, -0.2) is 31.3 Å². The number of benzene rings is 1. The molecule has 0 radical (unpaired) electrons. The summed E-state index contributed by atoms with van der Waals surface area (Å²) in [5, 5.41) is 4.16. The van der Waals surface area contributed by atoms with Crippen LogP contribution in [0, 0.1) is 0 Å². The Morgan fingerprint density at radius 2 is 1.82 bits per heavy atom. The summed E-state index contributed by atoms with van der Waals surface area (Å²) in [5.74, 6) is 0.159. The first-order chi connectivity index (χ1) is 8.16. The topological polar surface area (TPSA) is 20.3 Å². The molecule has 0 aliphatic rings. The molecule has 1 aromatic carbocycles. The van der Waals surface area contributed by atoms with Crippen molar-refractivity contribution in [1.82, 2.24) is 4.90 Å². The highest BCUT2D eigenvalue weighted by Crippen LogP contribution is 2.22. The van der Waals surface area contributed by atoms with Crippen molar-refractivity contribution < 1.29 is 4.79 Å². The van der Waals surface area contributed by atoms with Crippen LogP contribution in [0.5, 0.6) is 0 Å². The number of carbonyl (C=O) groups is 1. The van der Waals surface area contributed by atoms with Gasteiger partial charge in [-0.15, -0.1) is 0 Å². The zero-order valence-corrected chi connectivity index (χ0v) is 10.8. The molecular weight excluding hydrogens is 230 g/mol. The normalized spacial score (nSPS) is 10.8. The summed E-state index contributed by atoms with van der Waals surface area (Å²) in [5.41, 5.74) is 3.15. The van der Waals surface area contributed by atoms with Gasteiger partial charge in [-0.25, -0.2) is 0 Å². The Bertz CT molecular complexity index is 485. The van der Waals surface area contributed by atoms with Crippen LogP contribution < -0.4 is 0 Å². The van der Waals surface area contributed by atoms with Gasteiger partial charge in [0.05, 0.1) is 6.54 Å². The van der Waals surface area contributed by atoms with Crippen LogP contribution in [0.2, 0.25) is 0 Å². The van der Waals surface area contributed by atoms with Crippen molar-refractivity contribution in [3.8, 4) is 11.1 Å². The van der Waals surface area contributed by atoms with E-state index < -0.39 is 0 Å². The largest absolute Gasteiger partial charge is 0.302 e. The van der Waals surface area contributed by atoms with Gasteiger partial charge in [-0.3, -0.25) is 4.79 Å². The van der Waals surface area contributed by atoms with E-state index in [4.69, 9.17) is 0 Å². The van der Waals surface area contributed by atoms with Gasteiger partial charge >= 0.3 is 0 Å². The number of Topliss-reactive ketones (excluding diaryl/α,β-unsaturated/α-hetero) is 1. The highest BCUT2D eigenvalue weighted by molar-refractivity contribution is 7.08. The predicted molar refractivity (Wildman–Crippen MR) is 72.6 cm³/mol. The minimum Gasteiger partial charge on any atom is -0.302 e. The molecule has 2 nitrogen and oxygen atoms in total. The number of likely N-dealkylation sites (N-methyl/N-ethyl adjacent to an activating group) is 1. The van der Waals surface area contributed by atoms with Gasteiger partial charge in [0.25, 0.3) is 0 Å².